The van der Waals surface area contributed by atoms with Crippen LogP contribution in [0.15, 0.2) is 0 Å². The standard InChI is InChI=1S/C10H21N2O5P/c1-5-10(3,4)17-9(14)11-6-8(13)12-7(2)18(15)16/h7,15-16H,5-6H2,1-4H3,(H,11,14)(H,12,13). The van der Waals surface area contributed by atoms with Crippen molar-refractivity contribution in [2.24, 2.45) is 0 Å². The topological polar surface area (TPSA) is 108 Å². The molecule has 8 heteroatoms. The molecule has 0 rings (SSSR count). The number of carbonyl (C=O) groups is 2. The molecule has 4 N–H and O–H groups in total. The van der Waals surface area contributed by atoms with E-state index in [-0.39, 0.29) is 6.54 Å². The molecule has 2 amide bonds. The molecule has 18 heavy (non-hydrogen) atoms. The summed E-state index contributed by atoms with van der Waals surface area (Å²) in [7, 11) is -2.22. The van der Waals surface area contributed by atoms with Gasteiger partial charge in [-0.3, -0.25) is 4.79 Å². The summed E-state index contributed by atoms with van der Waals surface area (Å²) in [5.74, 6) is -1.25. The Balaban J connectivity index is 3.96. The van der Waals surface area contributed by atoms with Gasteiger partial charge in [0.2, 0.25) is 5.91 Å². The predicted octanol–water partition coefficient (Wildman–Crippen LogP) is 0.660. The second kappa shape index (κ2) is 7.51. The van der Waals surface area contributed by atoms with Crippen LogP contribution in [-0.2, 0) is 9.53 Å². The Bertz CT molecular complexity index is 296. The predicted molar refractivity (Wildman–Crippen MR) is 67.8 cm³/mol. The maximum absolute atomic E-state index is 11.3. The van der Waals surface area contributed by atoms with Gasteiger partial charge in [-0.25, -0.2) is 4.79 Å². The molecule has 0 saturated heterocycles. The van der Waals surface area contributed by atoms with Crippen LogP contribution in [0.3, 0.4) is 0 Å². The van der Waals surface area contributed by atoms with Crippen molar-refractivity contribution in [2.75, 3.05) is 6.54 Å². The molecule has 0 aliphatic heterocycles. The van der Waals surface area contributed by atoms with Crippen LogP contribution in [0.4, 0.5) is 4.79 Å². The normalized spacial score (nSPS) is 13.1. The third-order valence-corrected chi connectivity index (χ3v) is 3.15. The molecular formula is C10H21N2O5P. The molecule has 0 fully saturated rings. The summed E-state index contributed by atoms with van der Waals surface area (Å²) in [4.78, 5) is 40.3. The maximum atomic E-state index is 11.3. The second-order valence-electron chi connectivity index (χ2n) is 4.42. The average Bonchev–Trinajstić information content (AvgIpc) is 2.25. The van der Waals surface area contributed by atoms with Gasteiger partial charge in [-0.1, -0.05) is 6.92 Å². The van der Waals surface area contributed by atoms with Gasteiger partial charge in [-0.15, -0.1) is 0 Å². The van der Waals surface area contributed by atoms with Crippen LogP contribution in [0.5, 0.6) is 0 Å². The van der Waals surface area contributed by atoms with Gasteiger partial charge in [0.15, 0.2) is 8.38 Å². The van der Waals surface area contributed by atoms with Crippen LogP contribution in [0.1, 0.15) is 34.1 Å². The van der Waals surface area contributed by atoms with E-state index in [0.717, 1.165) is 0 Å². The number of alkyl carbamates (subject to hydrolysis) is 1. The fourth-order valence-electron chi connectivity index (χ4n) is 0.853. The molecular weight excluding hydrogens is 259 g/mol. The van der Waals surface area contributed by atoms with Crippen molar-refractivity contribution < 1.29 is 24.1 Å². The van der Waals surface area contributed by atoms with Gasteiger partial charge in [0.05, 0.1) is 5.78 Å². The second-order valence-corrected chi connectivity index (χ2v) is 5.84. The number of nitrogens with one attached hydrogen (secondary N) is 2. The molecule has 0 heterocycles. The highest BCUT2D eigenvalue weighted by Gasteiger charge is 2.21. The van der Waals surface area contributed by atoms with Crippen molar-refractivity contribution in [3.8, 4) is 0 Å². The highest BCUT2D eigenvalue weighted by atomic mass is 31.2. The lowest BCUT2D eigenvalue weighted by Gasteiger charge is -2.23. The molecule has 0 aromatic heterocycles. The van der Waals surface area contributed by atoms with Gasteiger partial charge in [0.1, 0.15) is 12.1 Å². The van der Waals surface area contributed by atoms with Crippen molar-refractivity contribution in [1.82, 2.24) is 10.6 Å². The summed E-state index contributed by atoms with van der Waals surface area (Å²) in [5.41, 5.74) is -0.585. The first-order chi connectivity index (χ1) is 8.18. The lowest BCUT2D eigenvalue weighted by Crippen LogP contribution is -2.42. The maximum Gasteiger partial charge on any atom is 0.408 e. The quantitative estimate of drug-likeness (QED) is 0.535. The lowest BCUT2D eigenvalue weighted by molar-refractivity contribution is -0.120. The zero-order valence-electron chi connectivity index (χ0n) is 11.1. The SMILES string of the molecule is CCC(C)(C)OC(=O)NCC(=O)NC(C)P(O)O. The minimum absolute atomic E-state index is 0.272. The molecule has 1 atom stereocenters. The van der Waals surface area contributed by atoms with Gasteiger partial charge in [-0.2, -0.15) is 0 Å². The Morgan fingerprint density at radius 1 is 1.39 bits per heavy atom. The number of rotatable bonds is 6. The van der Waals surface area contributed by atoms with E-state index in [1.165, 1.54) is 6.92 Å². The first-order valence-electron chi connectivity index (χ1n) is 5.61. The summed E-state index contributed by atoms with van der Waals surface area (Å²) >= 11 is 0. The van der Waals surface area contributed by atoms with Crippen LogP contribution in [0.25, 0.3) is 0 Å². The molecule has 0 bridgehead atoms. The summed E-state index contributed by atoms with van der Waals surface area (Å²) in [6.07, 6.45) is -0.0249. The van der Waals surface area contributed by atoms with Crippen molar-refractivity contribution in [1.29, 1.82) is 0 Å². The van der Waals surface area contributed by atoms with E-state index < -0.39 is 31.8 Å². The molecule has 7 nitrogen and oxygen atoms in total. The fourth-order valence-corrected chi connectivity index (χ4v) is 1.11. The van der Waals surface area contributed by atoms with E-state index in [0.29, 0.717) is 6.42 Å². The Labute approximate surface area is 108 Å². The van der Waals surface area contributed by atoms with Gasteiger partial charge in [0.25, 0.3) is 0 Å². The van der Waals surface area contributed by atoms with E-state index >= 15 is 0 Å². The molecule has 0 radical (unpaired) electrons. The number of hydrogen-bond acceptors (Lipinski definition) is 5. The molecule has 106 valence electrons. The summed E-state index contributed by atoms with van der Waals surface area (Å²) in [5, 5.41) is 4.62. The van der Waals surface area contributed by atoms with Gasteiger partial charge >= 0.3 is 6.09 Å². The zero-order valence-corrected chi connectivity index (χ0v) is 12.0. The zero-order chi connectivity index (χ0) is 14.3. The van der Waals surface area contributed by atoms with Crippen molar-refractivity contribution >= 4 is 20.4 Å². The molecule has 0 aliphatic rings. The van der Waals surface area contributed by atoms with E-state index in [2.05, 4.69) is 10.6 Å². The van der Waals surface area contributed by atoms with Crippen LogP contribution in [-0.4, -0.2) is 39.7 Å². The highest BCUT2D eigenvalue weighted by Crippen LogP contribution is 2.27. The summed E-state index contributed by atoms with van der Waals surface area (Å²) in [6.45, 7) is 6.60. The van der Waals surface area contributed by atoms with Crippen molar-refractivity contribution in [3.63, 3.8) is 0 Å². The molecule has 0 saturated carbocycles. The number of carbonyl (C=O) groups excluding carboxylic acids is 2. The summed E-state index contributed by atoms with van der Waals surface area (Å²) in [6, 6.07) is 0. The molecule has 0 aromatic carbocycles. The smallest absolute Gasteiger partial charge is 0.408 e. The monoisotopic (exact) mass is 280 g/mol. The van der Waals surface area contributed by atoms with Crippen LogP contribution in [0.2, 0.25) is 0 Å². The highest BCUT2D eigenvalue weighted by molar-refractivity contribution is 7.45. The minimum atomic E-state index is -2.22. The van der Waals surface area contributed by atoms with Crippen molar-refractivity contribution in [2.45, 2.75) is 45.5 Å². The van der Waals surface area contributed by atoms with Crippen LogP contribution >= 0.6 is 8.38 Å². The van der Waals surface area contributed by atoms with E-state index in [1.807, 2.05) is 6.92 Å². The van der Waals surface area contributed by atoms with Crippen LogP contribution in [0, 0.1) is 0 Å². The lowest BCUT2D eigenvalue weighted by atomic mass is 10.1. The van der Waals surface area contributed by atoms with E-state index in [1.54, 1.807) is 13.8 Å². The first-order valence-corrected chi connectivity index (χ1v) is 6.92. The third kappa shape index (κ3) is 7.42. The molecule has 1 unspecified atom stereocenters. The van der Waals surface area contributed by atoms with Gasteiger partial charge in [0, 0.05) is 0 Å². The molecule has 0 aromatic rings. The van der Waals surface area contributed by atoms with Crippen molar-refractivity contribution in [3.05, 3.63) is 0 Å². The number of amides is 2. The summed E-state index contributed by atoms with van der Waals surface area (Å²) < 4.78 is 5.07. The molecule has 0 spiro atoms. The Hall–Kier alpha value is -0.910. The first kappa shape index (κ1) is 17.1. The Kier molecular flexibility index (Phi) is 7.13. The number of hydrogen-bond donors (Lipinski definition) is 4. The minimum Gasteiger partial charge on any atom is -0.444 e. The Morgan fingerprint density at radius 2 is 1.94 bits per heavy atom. The molecule has 0 aliphatic carbocycles. The largest absolute Gasteiger partial charge is 0.444 e. The Morgan fingerprint density at radius 3 is 2.39 bits per heavy atom. The third-order valence-electron chi connectivity index (χ3n) is 2.33. The number of ether oxygens (including phenoxy) is 1. The van der Waals surface area contributed by atoms with E-state index in [4.69, 9.17) is 14.5 Å². The average molecular weight is 280 g/mol. The van der Waals surface area contributed by atoms with Gasteiger partial charge < -0.3 is 25.2 Å². The van der Waals surface area contributed by atoms with E-state index in [9.17, 15) is 9.59 Å². The fraction of sp³-hybridized carbons (Fsp3) is 0.800. The van der Waals surface area contributed by atoms with Crippen LogP contribution < -0.4 is 10.6 Å². The van der Waals surface area contributed by atoms with Gasteiger partial charge in [-0.05, 0) is 27.2 Å².